The number of carboxylic acids is 1. The molecule has 0 aromatic heterocycles. The third kappa shape index (κ3) is 5.63. The Kier molecular flexibility index (Phi) is 6.10. The number of carbonyl (C=O) groups excluding carboxylic acids is 1. The predicted octanol–water partition coefficient (Wildman–Crippen LogP) is 2.59. The van der Waals surface area contributed by atoms with Gasteiger partial charge >= 0.3 is 5.97 Å². The molecular weight excluding hydrogens is 301 g/mol. The van der Waals surface area contributed by atoms with Crippen LogP contribution in [0.25, 0.3) is 0 Å². The van der Waals surface area contributed by atoms with Crippen molar-refractivity contribution in [2.24, 2.45) is 0 Å². The fraction of sp³-hybridized carbons (Fsp3) is 0.529. The van der Waals surface area contributed by atoms with Gasteiger partial charge in [-0.15, -0.1) is 0 Å². The van der Waals surface area contributed by atoms with E-state index in [1.165, 1.54) is 17.0 Å². The molecule has 1 N–H and O–H groups in total. The molecule has 23 heavy (non-hydrogen) atoms. The molecule has 2 atom stereocenters. The fourth-order valence-corrected chi connectivity index (χ4v) is 2.75. The molecule has 1 aliphatic heterocycles. The van der Waals surface area contributed by atoms with Gasteiger partial charge in [0, 0.05) is 13.0 Å². The van der Waals surface area contributed by atoms with Gasteiger partial charge in [-0.2, -0.15) is 0 Å². The summed E-state index contributed by atoms with van der Waals surface area (Å²) in [5, 5.41) is 8.99. The molecule has 0 spiro atoms. The van der Waals surface area contributed by atoms with E-state index in [0.717, 1.165) is 12.8 Å². The van der Waals surface area contributed by atoms with Gasteiger partial charge in [-0.1, -0.05) is 12.1 Å². The van der Waals surface area contributed by atoms with Crippen molar-refractivity contribution in [1.29, 1.82) is 0 Å². The molecule has 1 heterocycles. The molecular formula is C17H22FNO4. The Balaban J connectivity index is 1.92. The van der Waals surface area contributed by atoms with Crippen LogP contribution in [0.4, 0.5) is 4.39 Å². The number of hydrogen-bond acceptors (Lipinski definition) is 3. The maximum atomic E-state index is 12.9. The van der Waals surface area contributed by atoms with Crippen LogP contribution in [0.15, 0.2) is 24.3 Å². The molecule has 6 heteroatoms. The minimum atomic E-state index is -1.06. The molecule has 1 aromatic carbocycles. The fourth-order valence-electron chi connectivity index (χ4n) is 2.75. The zero-order valence-electron chi connectivity index (χ0n) is 13.2. The van der Waals surface area contributed by atoms with Crippen molar-refractivity contribution in [2.45, 2.75) is 51.4 Å². The Hall–Kier alpha value is -1.95. The van der Waals surface area contributed by atoms with Crippen molar-refractivity contribution < 1.29 is 23.8 Å². The van der Waals surface area contributed by atoms with E-state index in [1.807, 2.05) is 6.92 Å². The van der Waals surface area contributed by atoms with Crippen molar-refractivity contribution in [3.8, 4) is 0 Å². The molecule has 0 bridgehead atoms. The van der Waals surface area contributed by atoms with Gasteiger partial charge in [-0.25, -0.2) is 4.39 Å². The van der Waals surface area contributed by atoms with E-state index in [9.17, 15) is 14.0 Å². The lowest BCUT2D eigenvalue weighted by Gasteiger charge is -2.21. The summed E-state index contributed by atoms with van der Waals surface area (Å²) in [6.07, 6.45) is 3.09. The zero-order chi connectivity index (χ0) is 16.8. The highest BCUT2D eigenvalue weighted by molar-refractivity contribution is 5.81. The molecule has 1 saturated heterocycles. The van der Waals surface area contributed by atoms with Crippen LogP contribution in [0.2, 0.25) is 0 Å². The number of nitrogens with zero attached hydrogens (tertiary/aromatic N) is 1. The van der Waals surface area contributed by atoms with Crippen LogP contribution in [-0.4, -0.2) is 40.6 Å². The lowest BCUT2D eigenvalue weighted by atomic mass is 10.1. The first-order valence-corrected chi connectivity index (χ1v) is 7.83. The van der Waals surface area contributed by atoms with E-state index in [-0.39, 0.29) is 43.4 Å². The Morgan fingerprint density at radius 1 is 1.30 bits per heavy atom. The van der Waals surface area contributed by atoms with Gasteiger partial charge in [0.1, 0.15) is 12.4 Å². The standard InChI is InChI=1S/C17H22FNO4/c1-12-2-7-15(23-12)8-9-16(20)19(11-17(21)22)10-13-3-5-14(18)6-4-13/h3-6,12,15H,2,7-11H2,1H3,(H,21,22). The largest absolute Gasteiger partial charge is 0.480 e. The summed E-state index contributed by atoms with van der Waals surface area (Å²) in [6, 6.07) is 5.71. The van der Waals surface area contributed by atoms with Gasteiger partial charge < -0.3 is 14.7 Å². The molecule has 0 radical (unpaired) electrons. The molecule has 1 fully saturated rings. The van der Waals surface area contributed by atoms with Crippen molar-refractivity contribution in [3.63, 3.8) is 0 Å². The lowest BCUT2D eigenvalue weighted by molar-refractivity contribution is -0.145. The number of aliphatic carboxylic acids is 1. The van der Waals surface area contributed by atoms with Crippen LogP contribution in [0.1, 0.15) is 38.2 Å². The molecule has 1 aliphatic rings. The summed E-state index contributed by atoms with van der Waals surface area (Å²) < 4.78 is 18.6. The summed E-state index contributed by atoms with van der Waals surface area (Å²) in [4.78, 5) is 24.6. The second kappa shape index (κ2) is 8.06. The first kappa shape index (κ1) is 17.4. The van der Waals surface area contributed by atoms with E-state index in [4.69, 9.17) is 9.84 Å². The number of hydrogen-bond donors (Lipinski definition) is 1. The molecule has 5 nitrogen and oxygen atoms in total. The summed E-state index contributed by atoms with van der Waals surface area (Å²) in [5.41, 5.74) is 0.701. The SMILES string of the molecule is CC1CCC(CCC(=O)N(CC(=O)O)Cc2ccc(F)cc2)O1. The molecule has 1 amide bonds. The summed E-state index contributed by atoms with van der Waals surface area (Å²) in [6.45, 7) is 1.80. The number of halogens is 1. The van der Waals surface area contributed by atoms with Gasteiger partial charge in [0.05, 0.1) is 12.2 Å². The van der Waals surface area contributed by atoms with Crippen LogP contribution in [0.5, 0.6) is 0 Å². The minimum Gasteiger partial charge on any atom is -0.480 e. The number of benzene rings is 1. The molecule has 0 aliphatic carbocycles. The number of amides is 1. The maximum absolute atomic E-state index is 12.9. The quantitative estimate of drug-likeness (QED) is 0.837. The highest BCUT2D eigenvalue weighted by Crippen LogP contribution is 2.23. The Morgan fingerprint density at radius 2 is 2.00 bits per heavy atom. The van der Waals surface area contributed by atoms with Crippen molar-refractivity contribution in [2.75, 3.05) is 6.54 Å². The van der Waals surface area contributed by atoms with Crippen molar-refractivity contribution in [3.05, 3.63) is 35.6 Å². The molecule has 126 valence electrons. The first-order valence-electron chi connectivity index (χ1n) is 7.83. The number of carboxylic acid groups (broad SMARTS) is 1. The maximum Gasteiger partial charge on any atom is 0.323 e. The second-order valence-electron chi connectivity index (χ2n) is 5.95. The normalized spacial score (nSPS) is 20.4. The highest BCUT2D eigenvalue weighted by atomic mass is 19.1. The van der Waals surface area contributed by atoms with Gasteiger partial charge in [-0.3, -0.25) is 9.59 Å². The Labute approximate surface area is 135 Å². The van der Waals surface area contributed by atoms with E-state index in [0.29, 0.717) is 12.0 Å². The van der Waals surface area contributed by atoms with Crippen molar-refractivity contribution >= 4 is 11.9 Å². The number of carbonyl (C=O) groups is 2. The van der Waals surface area contributed by atoms with E-state index < -0.39 is 5.97 Å². The van der Waals surface area contributed by atoms with Gasteiger partial charge in [0.25, 0.3) is 0 Å². The predicted molar refractivity (Wildman–Crippen MR) is 82.3 cm³/mol. The number of rotatable bonds is 7. The van der Waals surface area contributed by atoms with Crippen molar-refractivity contribution in [1.82, 2.24) is 4.90 Å². The van der Waals surface area contributed by atoms with Gasteiger partial charge in [0.15, 0.2) is 0 Å². The summed E-state index contributed by atoms with van der Waals surface area (Å²) >= 11 is 0. The average molecular weight is 323 g/mol. The van der Waals surface area contributed by atoms with Crippen LogP contribution < -0.4 is 0 Å². The monoisotopic (exact) mass is 323 g/mol. The van der Waals surface area contributed by atoms with Gasteiger partial charge in [-0.05, 0) is 43.9 Å². The average Bonchev–Trinajstić information content (AvgIpc) is 2.91. The van der Waals surface area contributed by atoms with Crippen LogP contribution in [-0.2, 0) is 20.9 Å². The van der Waals surface area contributed by atoms with E-state index in [1.54, 1.807) is 12.1 Å². The third-order valence-electron chi connectivity index (χ3n) is 3.97. The molecule has 0 saturated carbocycles. The highest BCUT2D eigenvalue weighted by Gasteiger charge is 2.24. The molecule has 1 aromatic rings. The van der Waals surface area contributed by atoms with Crippen LogP contribution >= 0.6 is 0 Å². The van der Waals surface area contributed by atoms with Crippen LogP contribution in [0, 0.1) is 5.82 Å². The summed E-state index contributed by atoms with van der Waals surface area (Å²) in [5.74, 6) is -1.65. The number of ether oxygens (including phenoxy) is 1. The van der Waals surface area contributed by atoms with Gasteiger partial charge in [0.2, 0.25) is 5.91 Å². The third-order valence-corrected chi connectivity index (χ3v) is 3.97. The van der Waals surface area contributed by atoms with E-state index in [2.05, 4.69) is 0 Å². The summed E-state index contributed by atoms with van der Waals surface area (Å²) in [7, 11) is 0. The minimum absolute atomic E-state index is 0.0754. The van der Waals surface area contributed by atoms with Crippen LogP contribution in [0.3, 0.4) is 0 Å². The second-order valence-corrected chi connectivity index (χ2v) is 5.95. The Morgan fingerprint density at radius 3 is 2.57 bits per heavy atom. The zero-order valence-corrected chi connectivity index (χ0v) is 13.2. The molecule has 2 rings (SSSR count). The smallest absolute Gasteiger partial charge is 0.323 e. The topological polar surface area (TPSA) is 66.8 Å². The molecule has 2 unspecified atom stereocenters. The Bertz CT molecular complexity index is 546. The van der Waals surface area contributed by atoms with E-state index >= 15 is 0 Å². The lowest BCUT2D eigenvalue weighted by Crippen LogP contribution is -2.35. The first-order chi connectivity index (χ1) is 10.9.